The van der Waals surface area contributed by atoms with Gasteiger partial charge in [0.2, 0.25) is 6.41 Å². The van der Waals surface area contributed by atoms with E-state index in [9.17, 15) is 9.18 Å². The fourth-order valence-electron chi connectivity index (χ4n) is 0.697. The molecule has 1 aromatic carbocycles. The van der Waals surface area contributed by atoms with Gasteiger partial charge in [0, 0.05) is 6.07 Å². The Morgan fingerprint density at radius 1 is 1.33 bits per heavy atom. The van der Waals surface area contributed by atoms with Crippen molar-refractivity contribution in [1.82, 2.24) is 0 Å². The first-order chi connectivity index (χ1) is 5.65. The smallest absolute Gasteiger partial charge is 0.211 e. The molecule has 0 saturated heterocycles. The maximum Gasteiger partial charge on any atom is 0.211 e. The van der Waals surface area contributed by atoms with E-state index < -0.39 is 5.82 Å². The molecule has 0 unspecified atom stereocenters. The molecule has 5 heteroatoms. The summed E-state index contributed by atoms with van der Waals surface area (Å²) in [5, 5.41) is 2.36. The fraction of sp³-hybridized carbons (Fsp3) is 0. The van der Waals surface area contributed by atoms with Crippen molar-refractivity contribution in [2.45, 2.75) is 0 Å². The highest BCUT2D eigenvalue weighted by Gasteiger charge is 2.05. The number of benzene rings is 1. The normalized spacial score (nSPS) is 9.58. The van der Waals surface area contributed by atoms with Crippen molar-refractivity contribution in [2.24, 2.45) is 0 Å². The van der Waals surface area contributed by atoms with E-state index >= 15 is 0 Å². The van der Waals surface area contributed by atoms with Crippen molar-refractivity contribution in [1.29, 1.82) is 0 Å². The van der Waals surface area contributed by atoms with Crippen LogP contribution in [0.1, 0.15) is 0 Å². The van der Waals surface area contributed by atoms with E-state index in [-0.39, 0.29) is 15.7 Å². The molecule has 0 bridgehead atoms. The van der Waals surface area contributed by atoms with Gasteiger partial charge in [0.1, 0.15) is 5.82 Å². The van der Waals surface area contributed by atoms with Crippen LogP contribution in [0.5, 0.6) is 0 Å². The number of halogens is 3. The van der Waals surface area contributed by atoms with Gasteiger partial charge in [-0.1, -0.05) is 23.2 Å². The number of rotatable bonds is 2. The first-order valence-corrected chi connectivity index (χ1v) is 3.75. The molecule has 0 aliphatic rings. The molecular weight excluding hydrogens is 204 g/mol. The molecule has 12 heavy (non-hydrogen) atoms. The van der Waals surface area contributed by atoms with Crippen LogP contribution >= 0.6 is 23.2 Å². The lowest BCUT2D eigenvalue weighted by Crippen LogP contribution is -1.95. The molecule has 0 saturated carbocycles. The molecule has 1 rings (SSSR count). The molecule has 0 atom stereocenters. The monoisotopic (exact) mass is 207 g/mol. The van der Waals surface area contributed by atoms with Crippen LogP contribution in [0.2, 0.25) is 10.0 Å². The van der Waals surface area contributed by atoms with Crippen molar-refractivity contribution >= 4 is 35.3 Å². The summed E-state index contributed by atoms with van der Waals surface area (Å²) >= 11 is 11.0. The number of carbonyl (C=O) groups excluding carboxylic acids is 1. The van der Waals surface area contributed by atoms with E-state index in [0.717, 1.165) is 6.07 Å². The quantitative estimate of drug-likeness (QED) is 0.587. The summed E-state index contributed by atoms with van der Waals surface area (Å²) in [5.41, 5.74) is 0.202. The lowest BCUT2D eigenvalue weighted by molar-refractivity contribution is -0.105. The van der Waals surface area contributed by atoms with E-state index in [4.69, 9.17) is 23.2 Å². The summed E-state index contributed by atoms with van der Waals surface area (Å²) in [6.07, 6.45) is 0.411. The van der Waals surface area contributed by atoms with E-state index in [0.29, 0.717) is 6.41 Å². The van der Waals surface area contributed by atoms with Gasteiger partial charge in [0.05, 0.1) is 15.7 Å². The Morgan fingerprint density at radius 3 is 2.58 bits per heavy atom. The molecule has 1 N–H and O–H groups in total. The van der Waals surface area contributed by atoms with Gasteiger partial charge in [-0.05, 0) is 6.07 Å². The number of nitrogens with one attached hydrogen (secondary N) is 1. The highest BCUT2D eigenvalue weighted by atomic mass is 35.5. The van der Waals surface area contributed by atoms with Gasteiger partial charge in [-0.3, -0.25) is 4.79 Å². The van der Waals surface area contributed by atoms with Crippen LogP contribution < -0.4 is 5.32 Å². The molecular formula is C7H4Cl2FNO. The van der Waals surface area contributed by atoms with Crippen LogP contribution in [0.3, 0.4) is 0 Å². The predicted molar refractivity (Wildman–Crippen MR) is 46.1 cm³/mol. The van der Waals surface area contributed by atoms with Gasteiger partial charge in [0.15, 0.2) is 0 Å². The van der Waals surface area contributed by atoms with E-state index in [1.807, 2.05) is 0 Å². The molecule has 0 heterocycles. The van der Waals surface area contributed by atoms with Crippen molar-refractivity contribution in [2.75, 3.05) is 5.32 Å². The van der Waals surface area contributed by atoms with Gasteiger partial charge < -0.3 is 5.32 Å². The van der Waals surface area contributed by atoms with Crippen molar-refractivity contribution < 1.29 is 9.18 Å². The zero-order valence-electron chi connectivity index (χ0n) is 5.77. The maximum absolute atomic E-state index is 12.7. The molecule has 0 radical (unpaired) electrons. The SMILES string of the molecule is O=CNc1cc(F)c(Cl)cc1Cl. The van der Waals surface area contributed by atoms with Crippen LogP contribution in [0.4, 0.5) is 10.1 Å². The molecule has 0 aliphatic heterocycles. The zero-order valence-corrected chi connectivity index (χ0v) is 7.29. The Balaban J connectivity index is 3.13. The van der Waals surface area contributed by atoms with Gasteiger partial charge in [-0.15, -0.1) is 0 Å². The molecule has 0 spiro atoms. The Morgan fingerprint density at radius 2 is 2.00 bits per heavy atom. The first kappa shape index (κ1) is 9.29. The molecule has 64 valence electrons. The molecule has 1 amide bonds. The predicted octanol–water partition coefficient (Wildman–Crippen LogP) is 2.70. The average molecular weight is 208 g/mol. The van der Waals surface area contributed by atoms with Crippen molar-refractivity contribution in [3.63, 3.8) is 0 Å². The summed E-state index contributed by atoms with van der Waals surface area (Å²) in [5.74, 6) is -0.620. The van der Waals surface area contributed by atoms with Crippen LogP contribution in [0.25, 0.3) is 0 Å². The van der Waals surface area contributed by atoms with Gasteiger partial charge >= 0.3 is 0 Å². The molecule has 0 aliphatic carbocycles. The van der Waals surface area contributed by atoms with Gasteiger partial charge in [-0.25, -0.2) is 4.39 Å². The summed E-state index contributed by atoms with van der Waals surface area (Å²) in [7, 11) is 0. The van der Waals surface area contributed by atoms with E-state index in [2.05, 4.69) is 5.32 Å². The minimum Gasteiger partial charge on any atom is -0.327 e. The second kappa shape index (κ2) is 3.74. The molecule has 1 aromatic rings. The van der Waals surface area contributed by atoms with E-state index in [1.54, 1.807) is 0 Å². The molecule has 2 nitrogen and oxygen atoms in total. The van der Waals surface area contributed by atoms with Crippen LogP contribution in [-0.4, -0.2) is 6.41 Å². The molecule has 0 fully saturated rings. The van der Waals surface area contributed by atoms with Crippen molar-refractivity contribution in [3.8, 4) is 0 Å². The Labute approximate surface area is 78.3 Å². The van der Waals surface area contributed by atoms with Crippen molar-refractivity contribution in [3.05, 3.63) is 28.0 Å². The standard InChI is InChI=1S/C7H4Cl2FNO/c8-4-1-5(9)7(11-3-12)2-6(4)10/h1-3H,(H,11,12). The summed E-state index contributed by atoms with van der Waals surface area (Å²) < 4.78 is 12.7. The first-order valence-electron chi connectivity index (χ1n) is 3.00. The Hall–Kier alpha value is -0.800. The average Bonchev–Trinajstić information content (AvgIpc) is 2.01. The minimum atomic E-state index is -0.620. The number of anilines is 1. The topological polar surface area (TPSA) is 29.1 Å². The third-order valence-electron chi connectivity index (χ3n) is 1.22. The summed E-state index contributed by atoms with van der Waals surface area (Å²) in [6.45, 7) is 0. The largest absolute Gasteiger partial charge is 0.327 e. The number of amides is 1. The maximum atomic E-state index is 12.7. The Kier molecular flexibility index (Phi) is 2.89. The van der Waals surface area contributed by atoms with Gasteiger partial charge in [-0.2, -0.15) is 0 Å². The second-order valence-electron chi connectivity index (χ2n) is 2.01. The number of hydrogen-bond donors (Lipinski definition) is 1. The third-order valence-corrected chi connectivity index (χ3v) is 1.83. The summed E-state index contributed by atoms with van der Waals surface area (Å²) in [6, 6.07) is 2.28. The fourth-order valence-corrected chi connectivity index (χ4v) is 1.13. The van der Waals surface area contributed by atoms with E-state index in [1.165, 1.54) is 6.07 Å². The molecule has 0 aromatic heterocycles. The number of carbonyl (C=O) groups is 1. The zero-order chi connectivity index (χ0) is 9.14. The van der Waals surface area contributed by atoms with Crippen LogP contribution in [0.15, 0.2) is 12.1 Å². The van der Waals surface area contributed by atoms with Crippen LogP contribution in [0, 0.1) is 5.82 Å². The minimum absolute atomic E-state index is 0.0727. The number of hydrogen-bond acceptors (Lipinski definition) is 1. The second-order valence-corrected chi connectivity index (χ2v) is 2.82. The highest BCUT2D eigenvalue weighted by molar-refractivity contribution is 6.36. The summed E-state index contributed by atoms with van der Waals surface area (Å²) in [4.78, 5) is 10.00. The van der Waals surface area contributed by atoms with Crippen LogP contribution in [-0.2, 0) is 4.79 Å². The lowest BCUT2D eigenvalue weighted by Gasteiger charge is -2.02. The van der Waals surface area contributed by atoms with Gasteiger partial charge in [0.25, 0.3) is 0 Å². The lowest BCUT2D eigenvalue weighted by atomic mass is 10.3. The third kappa shape index (κ3) is 1.87. The Bertz CT molecular complexity index is 317. The highest BCUT2D eigenvalue weighted by Crippen LogP contribution is 2.27.